The van der Waals surface area contributed by atoms with E-state index < -0.39 is 0 Å². The molecule has 0 radical (unpaired) electrons. The van der Waals surface area contributed by atoms with E-state index in [2.05, 4.69) is 28.0 Å². The van der Waals surface area contributed by atoms with Crippen molar-refractivity contribution in [3.05, 3.63) is 0 Å². The van der Waals surface area contributed by atoms with E-state index in [1.807, 2.05) is 0 Å². The molecule has 0 atom stereocenters. The standard InChI is InChI=1S/C64H124N2O30.2CH5N/c1-3-7-69-11-15-73-19-20-75-17-13-71-9-5-64(68)66-6-10-72-14-18-76-22-24-78-26-28-80-30-32-82-34-36-84-38-40-86-42-44-88-46-48-90-50-52-92-54-56-94-58-60-96-62-61-95-59-57-93-55-53-91-51-49-89-47-45-87-43-41-85-39-37-83-35-33-81-31-29-79-27-25-77-23-21-74-16-12-70-8-4-63(67)65-2;2*1-2/h1H,4-62H2,2H3,(H,65,67)(H,66,68);2*2H2,1H3. The Balaban J connectivity index is -0.0000231. The van der Waals surface area contributed by atoms with Crippen LogP contribution in [0.15, 0.2) is 0 Å². The van der Waals surface area contributed by atoms with Gasteiger partial charge in [0, 0.05) is 26.4 Å². The molecule has 0 fully saturated rings. The lowest BCUT2D eigenvalue weighted by Crippen LogP contribution is -2.28. The smallest absolute Gasteiger partial charge is 0.222 e. The summed E-state index contributed by atoms with van der Waals surface area (Å²) in [6, 6.07) is 0. The summed E-state index contributed by atoms with van der Waals surface area (Å²) in [5.41, 5.74) is 9.00. The molecular weight excluding hydrogens is 1330 g/mol. The number of carbonyl (C=O) groups excluding carboxylic acids is 2. The number of carbonyl (C=O) groups is 2. The van der Waals surface area contributed by atoms with Gasteiger partial charge < -0.3 is 155 Å². The van der Waals surface area contributed by atoms with E-state index in [1.165, 1.54) is 14.1 Å². The Bertz CT molecular complexity index is 1540. The molecule has 0 aromatic heterocycles. The van der Waals surface area contributed by atoms with E-state index in [4.69, 9.17) is 139 Å². The van der Waals surface area contributed by atoms with Crippen LogP contribution in [0.25, 0.3) is 0 Å². The molecule has 6 N–H and O–H groups in total. The fourth-order valence-electron chi connectivity index (χ4n) is 6.76. The van der Waals surface area contributed by atoms with Crippen molar-refractivity contribution in [3.8, 4) is 12.3 Å². The molecule has 0 aromatic rings. The third-order valence-electron chi connectivity index (χ3n) is 11.7. The number of nitrogens with two attached hydrogens (primary N) is 2. The first kappa shape index (κ1) is 101. The summed E-state index contributed by atoms with van der Waals surface area (Å²) in [5, 5.41) is 5.34. The van der Waals surface area contributed by atoms with Crippen LogP contribution < -0.4 is 22.1 Å². The van der Waals surface area contributed by atoms with Crippen LogP contribution in [-0.2, 0) is 142 Å². The number of hydrogen-bond acceptors (Lipinski definition) is 32. The summed E-state index contributed by atoms with van der Waals surface area (Å²) in [4.78, 5) is 23.0. The monoisotopic (exact) mass is 1460 g/mol. The van der Waals surface area contributed by atoms with Crippen LogP contribution in [0, 0.1) is 12.3 Å². The van der Waals surface area contributed by atoms with Crippen molar-refractivity contribution >= 4 is 11.8 Å². The number of hydrogen-bond donors (Lipinski definition) is 4. The van der Waals surface area contributed by atoms with Crippen molar-refractivity contribution in [2.24, 2.45) is 11.5 Å². The fourth-order valence-corrected chi connectivity index (χ4v) is 6.76. The first-order valence-electron chi connectivity index (χ1n) is 34.9. The largest absolute Gasteiger partial charge is 0.379 e. The summed E-state index contributed by atoms with van der Waals surface area (Å²) in [6.07, 6.45) is 5.71. The van der Waals surface area contributed by atoms with Crippen molar-refractivity contribution < 1.29 is 142 Å². The van der Waals surface area contributed by atoms with Gasteiger partial charge in [0.25, 0.3) is 0 Å². The van der Waals surface area contributed by atoms with Crippen LogP contribution >= 0.6 is 0 Å². The molecule has 0 saturated carbocycles. The maximum absolute atomic E-state index is 11.9. The highest BCUT2D eigenvalue weighted by Gasteiger charge is 2.04. The molecule has 0 aliphatic carbocycles. The zero-order chi connectivity index (χ0) is 72.8. The van der Waals surface area contributed by atoms with Gasteiger partial charge in [0.2, 0.25) is 11.8 Å². The molecule has 598 valence electrons. The number of rotatable bonds is 88. The summed E-state index contributed by atoms with van der Waals surface area (Å²) < 4.78 is 153. The van der Waals surface area contributed by atoms with Gasteiger partial charge in [-0.15, -0.1) is 6.42 Å². The minimum absolute atomic E-state index is 0.0435. The highest BCUT2D eigenvalue weighted by molar-refractivity contribution is 5.76. The molecule has 2 amide bonds. The van der Waals surface area contributed by atoms with E-state index in [9.17, 15) is 9.59 Å². The Morgan fingerprint density at radius 2 is 0.350 bits per heavy atom. The van der Waals surface area contributed by atoms with Gasteiger partial charge >= 0.3 is 0 Å². The number of nitrogens with one attached hydrogen (secondary N) is 2. The molecule has 34 heteroatoms. The highest BCUT2D eigenvalue weighted by Crippen LogP contribution is 1.93. The van der Waals surface area contributed by atoms with Crippen LogP contribution in [0.2, 0.25) is 0 Å². The Morgan fingerprint density at radius 1 is 0.220 bits per heavy atom. The predicted molar refractivity (Wildman–Crippen MR) is 368 cm³/mol. The van der Waals surface area contributed by atoms with Crippen molar-refractivity contribution in [1.82, 2.24) is 10.6 Å². The first-order valence-corrected chi connectivity index (χ1v) is 34.9. The third kappa shape index (κ3) is 99.5. The molecule has 34 nitrogen and oxygen atoms in total. The highest BCUT2D eigenvalue weighted by atomic mass is 16.6. The maximum atomic E-state index is 11.9. The second-order valence-electron chi connectivity index (χ2n) is 19.3. The maximum Gasteiger partial charge on any atom is 0.222 e. The number of amides is 2. The predicted octanol–water partition coefficient (Wildman–Crippen LogP) is -1.12. The van der Waals surface area contributed by atoms with Gasteiger partial charge in [-0.1, -0.05) is 5.92 Å². The average Bonchev–Trinajstić information content (AvgIpc) is 3.86. The lowest BCUT2D eigenvalue weighted by molar-refractivity contribution is -0.123. The van der Waals surface area contributed by atoms with Crippen LogP contribution in [0.5, 0.6) is 0 Å². The Kier molecular flexibility index (Phi) is 102. The van der Waals surface area contributed by atoms with Gasteiger partial charge in [-0.2, -0.15) is 0 Å². The normalized spacial score (nSPS) is 11.2. The fraction of sp³-hybridized carbons (Fsp3) is 0.939. The summed E-state index contributed by atoms with van der Waals surface area (Å²) in [7, 11) is 4.60. The van der Waals surface area contributed by atoms with Crippen LogP contribution in [0.4, 0.5) is 0 Å². The summed E-state index contributed by atoms with van der Waals surface area (Å²) in [6.45, 7) is 26.2. The minimum atomic E-state index is -0.0989. The molecule has 0 spiro atoms. The second kappa shape index (κ2) is 100. The second-order valence-corrected chi connectivity index (χ2v) is 19.3. The van der Waals surface area contributed by atoms with Crippen molar-refractivity contribution in [2.75, 3.05) is 398 Å². The van der Waals surface area contributed by atoms with Crippen molar-refractivity contribution in [3.63, 3.8) is 0 Å². The molecule has 0 unspecified atom stereocenters. The Labute approximate surface area is 597 Å². The molecule has 0 bridgehead atoms. The lowest BCUT2D eigenvalue weighted by Gasteiger charge is -2.09. The average molecular weight is 1460 g/mol. The van der Waals surface area contributed by atoms with Crippen molar-refractivity contribution in [2.45, 2.75) is 12.8 Å². The van der Waals surface area contributed by atoms with Gasteiger partial charge in [-0.3, -0.25) is 9.59 Å². The topological polar surface area (TPSA) is 369 Å². The van der Waals surface area contributed by atoms with Gasteiger partial charge in [-0.05, 0) is 14.1 Å². The molecule has 0 saturated heterocycles. The van der Waals surface area contributed by atoms with Crippen LogP contribution in [0.1, 0.15) is 12.8 Å². The first-order chi connectivity index (χ1) is 49.7. The summed E-state index contributed by atoms with van der Waals surface area (Å²) >= 11 is 0. The zero-order valence-corrected chi connectivity index (χ0v) is 61.2. The Hall–Kier alpha value is -2.70. The van der Waals surface area contributed by atoms with Gasteiger partial charge in [-0.25, -0.2) is 0 Å². The van der Waals surface area contributed by atoms with Gasteiger partial charge in [0.1, 0.15) is 6.61 Å². The zero-order valence-electron chi connectivity index (χ0n) is 61.2. The molecule has 0 aromatic carbocycles. The SMILES string of the molecule is C#CCOCCOCCOCCOCCC(=O)NCCOCCOCCOCCOCCOCCOCCOCCOCCOCCOCCOCCOCCOCCOCCOCCOCCOCCOCCOCCOCCOCCOCCOCCOCCC(=O)NC.CN.CN. The number of terminal acetylenes is 1. The lowest BCUT2D eigenvalue weighted by atomic mass is 10.4. The van der Waals surface area contributed by atoms with E-state index in [1.54, 1.807) is 7.05 Å². The molecule has 100 heavy (non-hydrogen) atoms. The molecule has 0 aliphatic heterocycles. The molecule has 0 rings (SSSR count). The number of ether oxygens (including phenoxy) is 28. The quantitative estimate of drug-likeness (QED) is 0.0414. The van der Waals surface area contributed by atoms with Gasteiger partial charge in [0.05, 0.1) is 363 Å². The van der Waals surface area contributed by atoms with E-state index in [-0.39, 0.29) is 24.8 Å². The van der Waals surface area contributed by atoms with Crippen molar-refractivity contribution in [1.29, 1.82) is 0 Å². The van der Waals surface area contributed by atoms with E-state index in [0.717, 1.165) is 0 Å². The molecule has 0 heterocycles. The van der Waals surface area contributed by atoms with Crippen LogP contribution in [-0.4, -0.2) is 409 Å². The van der Waals surface area contributed by atoms with Gasteiger partial charge in [0.15, 0.2) is 0 Å². The summed E-state index contributed by atoms with van der Waals surface area (Å²) in [5.74, 6) is 2.25. The molecule has 0 aliphatic rings. The minimum Gasteiger partial charge on any atom is -0.379 e. The Morgan fingerprint density at radius 3 is 0.500 bits per heavy atom. The van der Waals surface area contributed by atoms with Crippen LogP contribution in [0.3, 0.4) is 0 Å². The van der Waals surface area contributed by atoms with E-state index >= 15 is 0 Å². The molecular formula is C66H134N4O30. The van der Waals surface area contributed by atoms with E-state index in [0.29, 0.717) is 376 Å². The third-order valence-corrected chi connectivity index (χ3v) is 11.7.